The minimum absolute atomic E-state index is 0.635. The average molecular weight is 265 g/mol. The van der Waals surface area contributed by atoms with Crippen molar-refractivity contribution in [2.75, 3.05) is 0 Å². The predicted octanol–water partition coefficient (Wildman–Crippen LogP) is 3.83. The first kappa shape index (κ1) is 10.2. The van der Waals surface area contributed by atoms with Gasteiger partial charge in [0.15, 0.2) is 6.29 Å². The van der Waals surface area contributed by atoms with Gasteiger partial charge in [-0.15, -0.1) is 0 Å². The van der Waals surface area contributed by atoms with Crippen LogP contribution in [0, 0.1) is 6.92 Å². The third kappa shape index (κ3) is 1.88. The van der Waals surface area contributed by atoms with Crippen LogP contribution in [0.15, 0.2) is 39.4 Å². The molecule has 1 heterocycles. The molecule has 0 N–H and O–H groups in total. The zero-order valence-electron chi connectivity index (χ0n) is 8.16. The molecular weight excluding hydrogens is 256 g/mol. The Morgan fingerprint density at radius 2 is 2.13 bits per heavy atom. The normalized spacial score (nSPS) is 10.3. The molecule has 0 aliphatic rings. The van der Waals surface area contributed by atoms with Crippen molar-refractivity contribution >= 4 is 22.2 Å². The molecule has 0 amide bonds. The second-order valence-electron chi connectivity index (χ2n) is 3.31. The van der Waals surface area contributed by atoms with E-state index in [0.717, 1.165) is 21.9 Å². The first-order chi connectivity index (χ1) is 7.22. The van der Waals surface area contributed by atoms with Crippen molar-refractivity contribution in [1.82, 2.24) is 0 Å². The number of aldehydes is 1. The zero-order valence-corrected chi connectivity index (χ0v) is 9.74. The number of halogens is 1. The zero-order chi connectivity index (χ0) is 10.8. The van der Waals surface area contributed by atoms with E-state index in [1.165, 1.54) is 0 Å². The minimum atomic E-state index is 0.635. The lowest BCUT2D eigenvalue weighted by molar-refractivity contribution is 0.112. The summed E-state index contributed by atoms with van der Waals surface area (Å²) < 4.78 is 6.20. The summed E-state index contributed by atoms with van der Waals surface area (Å²) in [7, 11) is 0. The number of rotatable bonds is 2. The molecule has 0 saturated heterocycles. The van der Waals surface area contributed by atoms with Crippen molar-refractivity contribution in [3.8, 4) is 11.3 Å². The smallest absolute Gasteiger partial charge is 0.150 e. The second kappa shape index (κ2) is 4.03. The summed E-state index contributed by atoms with van der Waals surface area (Å²) in [5.41, 5.74) is 2.55. The Labute approximate surface area is 96.0 Å². The molecule has 0 spiro atoms. The van der Waals surface area contributed by atoms with Gasteiger partial charge in [-0.05, 0) is 35.0 Å². The molecule has 2 rings (SSSR count). The first-order valence-electron chi connectivity index (χ1n) is 4.51. The fourth-order valence-electron chi connectivity index (χ4n) is 1.46. The van der Waals surface area contributed by atoms with Gasteiger partial charge in [-0.2, -0.15) is 0 Å². The molecule has 15 heavy (non-hydrogen) atoms. The molecule has 2 nitrogen and oxygen atoms in total. The van der Waals surface area contributed by atoms with E-state index in [0.29, 0.717) is 11.3 Å². The van der Waals surface area contributed by atoms with Gasteiger partial charge in [0.05, 0.1) is 10.7 Å². The van der Waals surface area contributed by atoms with E-state index in [-0.39, 0.29) is 0 Å². The van der Waals surface area contributed by atoms with Crippen molar-refractivity contribution in [2.45, 2.75) is 6.92 Å². The highest BCUT2D eigenvalue weighted by molar-refractivity contribution is 9.10. The molecule has 0 saturated carbocycles. The topological polar surface area (TPSA) is 30.2 Å². The molecule has 0 radical (unpaired) electrons. The van der Waals surface area contributed by atoms with Gasteiger partial charge in [0.1, 0.15) is 5.76 Å². The first-order valence-corrected chi connectivity index (χ1v) is 5.31. The van der Waals surface area contributed by atoms with Crippen LogP contribution in [0.25, 0.3) is 11.3 Å². The van der Waals surface area contributed by atoms with Crippen LogP contribution in [0.3, 0.4) is 0 Å². The largest absolute Gasteiger partial charge is 0.463 e. The number of furan rings is 1. The molecular formula is C12H9BrO2. The summed E-state index contributed by atoms with van der Waals surface area (Å²) >= 11 is 3.38. The number of aryl methyl sites for hydroxylation is 1. The summed E-state index contributed by atoms with van der Waals surface area (Å²) in [6.45, 7) is 1.98. The van der Waals surface area contributed by atoms with Crippen molar-refractivity contribution in [3.63, 3.8) is 0 Å². The average Bonchev–Trinajstić information content (AvgIpc) is 2.64. The Kier molecular flexibility index (Phi) is 2.73. The number of carbonyl (C=O) groups is 1. The highest BCUT2D eigenvalue weighted by atomic mass is 79.9. The van der Waals surface area contributed by atoms with E-state index in [1.807, 2.05) is 25.1 Å². The molecule has 3 heteroatoms. The summed E-state index contributed by atoms with van der Waals surface area (Å²) in [5, 5.41) is 0. The van der Waals surface area contributed by atoms with E-state index in [9.17, 15) is 4.79 Å². The van der Waals surface area contributed by atoms with Crippen LogP contribution in [0.1, 0.15) is 15.9 Å². The van der Waals surface area contributed by atoms with E-state index in [2.05, 4.69) is 15.9 Å². The van der Waals surface area contributed by atoms with Crippen molar-refractivity contribution < 1.29 is 9.21 Å². The Morgan fingerprint density at radius 1 is 1.33 bits per heavy atom. The maximum absolute atomic E-state index is 10.9. The van der Waals surface area contributed by atoms with Gasteiger partial charge in [-0.1, -0.05) is 17.7 Å². The van der Waals surface area contributed by atoms with E-state index in [4.69, 9.17) is 4.42 Å². The lowest BCUT2D eigenvalue weighted by atomic mass is 10.0. The van der Waals surface area contributed by atoms with Crippen molar-refractivity contribution in [2.24, 2.45) is 0 Å². The summed E-state index contributed by atoms with van der Waals surface area (Å²) in [6, 6.07) is 7.45. The molecule has 0 fully saturated rings. The fourth-order valence-corrected chi connectivity index (χ4v) is 1.87. The molecule has 0 bridgehead atoms. The van der Waals surface area contributed by atoms with Gasteiger partial charge in [0, 0.05) is 11.1 Å². The van der Waals surface area contributed by atoms with Crippen molar-refractivity contribution in [3.05, 3.63) is 46.1 Å². The van der Waals surface area contributed by atoms with Gasteiger partial charge < -0.3 is 4.42 Å². The number of benzene rings is 1. The fraction of sp³-hybridized carbons (Fsp3) is 0.0833. The van der Waals surface area contributed by atoms with Crippen LogP contribution in [0.2, 0.25) is 0 Å². The quantitative estimate of drug-likeness (QED) is 0.772. The van der Waals surface area contributed by atoms with Gasteiger partial charge in [0.2, 0.25) is 0 Å². The van der Waals surface area contributed by atoms with Crippen LogP contribution in [-0.4, -0.2) is 6.29 Å². The number of hydrogen-bond donors (Lipinski definition) is 0. The highest BCUT2D eigenvalue weighted by Crippen LogP contribution is 2.31. The molecule has 0 aliphatic heterocycles. The van der Waals surface area contributed by atoms with Gasteiger partial charge in [0.25, 0.3) is 0 Å². The van der Waals surface area contributed by atoms with E-state index in [1.54, 1.807) is 12.3 Å². The maximum Gasteiger partial charge on any atom is 0.150 e. The van der Waals surface area contributed by atoms with Crippen LogP contribution in [0.4, 0.5) is 0 Å². The monoisotopic (exact) mass is 264 g/mol. The molecule has 0 atom stereocenters. The molecule has 1 aromatic heterocycles. The van der Waals surface area contributed by atoms with Crippen LogP contribution in [-0.2, 0) is 0 Å². The standard InChI is InChI=1S/C12H9BrO2/c1-8-2-3-9(7-14)10(6-8)12-11(13)4-5-15-12/h2-7H,1H3. The lowest BCUT2D eigenvalue weighted by Crippen LogP contribution is -1.87. The van der Waals surface area contributed by atoms with E-state index < -0.39 is 0 Å². The maximum atomic E-state index is 10.9. The van der Waals surface area contributed by atoms with Gasteiger partial charge >= 0.3 is 0 Å². The van der Waals surface area contributed by atoms with Crippen LogP contribution < -0.4 is 0 Å². The van der Waals surface area contributed by atoms with Crippen LogP contribution >= 0.6 is 15.9 Å². The molecule has 2 aromatic rings. The lowest BCUT2D eigenvalue weighted by Gasteiger charge is -2.03. The Bertz CT molecular complexity index is 500. The second-order valence-corrected chi connectivity index (χ2v) is 4.16. The van der Waals surface area contributed by atoms with Crippen LogP contribution in [0.5, 0.6) is 0 Å². The van der Waals surface area contributed by atoms with Crippen molar-refractivity contribution in [1.29, 1.82) is 0 Å². The summed E-state index contributed by atoms with van der Waals surface area (Å²) in [6.07, 6.45) is 2.43. The SMILES string of the molecule is Cc1ccc(C=O)c(-c2occc2Br)c1. The predicted molar refractivity (Wildman–Crippen MR) is 62.0 cm³/mol. The minimum Gasteiger partial charge on any atom is -0.463 e. The Balaban J connectivity index is 2.65. The van der Waals surface area contributed by atoms with Gasteiger partial charge in [-0.3, -0.25) is 4.79 Å². The molecule has 1 aromatic carbocycles. The summed E-state index contributed by atoms with van der Waals surface area (Å²) in [4.78, 5) is 10.9. The highest BCUT2D eigenvalue weighted by Gasteiger charge is 2.11. The third-order valence-corrected chi connectivity index (χ3v) is 2.82. The van der Waals surface area contributed by atoms with E-state index >= 15 is 0 Å². The third-order valence-electron chi connectivity index (χ3n) is 2.20. The Hall–Kier alpha value is -1.35. The Morgan fingerprint density at radius 3 is 2.73 bits per heavy atom. The molecule has 0 aliphatic carbocycles. The summed E-state index contributed by atoms with van der Waals surface area (Å²) in [5.74, 6) is 0.695. The molecule has 76 valence electrons. The number of hydrogen-bond acceptors (Lipinski definition) is 2. The van der Waals surface area contributed by atoms with Gasteiger partial charge in [-0.25, -0.2) is 0 Å². The molecule has 0 unspecified atom stereocenters. The number of carbonyl (C=O) groups excluding carboxylic acids is 1.